The van der Waals surface area contributed by atoms with Crippen LogP contribution >= 0.6 is 0 Å². The quantitative estimate of drug-likeness (QED) is 0.340. The van der Waals surface area contributed by atoms with Gasteiger partial charge in [-0.25, -0.2) is 0 Å². The van der Waals surface area contributed by atoms with Gasteiger partial charge in [0.15, 0.2) is 5.84 Å². The lowest BCUT2D eigenvalue weighted by atomic mass is 10.1. The molecule has 0 radical (unpaired) electrons. The van der Waals surface area contributed by atoms with E-state index in [9.17, 15) is 0 Å². The van der Waals surface area contributed by atoms with Crippen LogP contribution in [0.25, 0.3) is 0 Å². The van der Waals surface area contributed by atoms with Crippen molar-refractivity contribution in [2.24, 2.45) is 10.9 Å². The van der Waals surface area contributed by atoms with Crippen LogP contribution in [-0.4, -0.2) is 30.4 Å². The summed E-state index contributed by atoms with van der Waals surface area (Å²) in [7, 11) is 0. The van der Waals surface area contributed by atoms with Gasteiger partial charge in [-0.05, 0) is 5.56 Å². The van der Waals surface area contributed by atoms with Crippen molar-refractivity contribution in [1.82, 2.24) is 0 Å². The Hall–Kier alpha value is -1.59. The predicted molar refractivity (Wildman–Crippen MR) is 58.3 cm³/mol. The number of hydrogen-bond acceptors (Lipinski definition) is 4. The van der Waals surface area contributed by atoms with Crippen molar-refractivity contribution < 1.29 is 14.7 Å². The summed E-state index contributed by atoms with van der Waals surface area (Å²) in [6.45, 7) is 1.73. The molecular weight excluding hydrogens is 208 g/mol. The molecule has 1 aromatic carbocycles. The molecule has 0 spiro atoms. The third kappa shape index (κ3) is 2.32. The summed E-state index contributed by atoms with van der Waals surface area (Å²) in [5, 5.41) is 11.6. The van der Waals surface area contributed by atoms with Gasteiger partial charge >= 0.3 is 0 Å². The zero-order valence-corrected chi connectivity index (χ0v) is 8.80. The largest absolute Gasteiger partial charge is 0.409 e. The summed E-state index contributed by atoms with van der Waals surface area (Å²) in [6.07, 6.45) is 0.167. The highest BCUT2D eigenvalue weighted by Crippen LogP contribution is 2.13. The zero-order chi connectivity index (χ0) is 11.4. The minimum Gasteiger partial charge on any atom is -0.409 e. The van der Waals surface area contributed by atoms with Gasteiger partial charge in [0, 0.05) is 5.56 Å². The van der Waals surface area contributed by atoms with E-state index in [-0.39, 0.29) is 11.9 Å². The molecule has 16 heavy (non-hydrogen) atoms. The number of oxime groups is 1. The first-order valence-electron chi connectivity index (χ1n) is 5.06. The highest BCUT2D eigenvalue weighted by molar-refractivity contribution is 5.98. The van der Waals surface area contributed by atoms with Crippen LogP contribution < -0.4 is 5.73 Å². The fourth-order valence-electron chi connectivity index (χ4n) is 1.47. The lowest BCUT2D eigenvalue weighted by Gasteiger charge is -2.26. The number of ether oxygens (including phenoxy) is 2. The van der Waals surface area contributed by atoms with Crippen molar-refractivity contribution in [3.8, 4) is 0 Å². The van der Waals surface area contributed by atoms with Crippen LogP contribution in [0.5, 0.6) is 0 Å². The molecule has 1 aliphatic rings. The molecule has 1 fully saturated rings. The maximum Gasteiger partial charge on any atom is 0.170 e. The molecule has 0 saturated carbocycles. The first kappa shape index (κ1) is 10.9. The van der Waals surface area contributed by atoms with E-state index < -0.39 is 0 Å². The monoisotopic (exact) mass is 222 g/mol. The highest BCUT2D eigenvalue weighted by Gasteiger charge is 2.19. The van der Waals surface area contributed by atoms with Gasteiger partial charge < -0.3 is 20.4 Å². The molecule has 1 heterocycles. The van der Waals surface area contributed by atoms with Gasteiger partial charge in [0.05, 0.1) is 19.8 Å². The van der Waals surface area contributed by atoms with E-state index in [0.717, 1.165) is 5.56 Å². The first-order chi connectivity index (χ1) is 7.81. The van der Waals surface area contributed by atoms with Crippen molar-refractivity contribution in [1.29, 1.82) is 0 Å². The lowest BCUT2D eigenvalue weighted by Crippen LogP contribution is -2.36. The van der Waals surface area contributed by atoms with E-state index in [1.807, 2.05) is 18.2 Å². The second kappa shape index (κ2) is 4.96. The van der Waals surface area contributed by atoms with Crippen molar-refractivity contribution in [3.05, 3.63) is 35.4 Å². The average molecular weight is 222 g/mol. The van der Waals surface area contributed by atoms with Crippen LogP contribution in [0.3, 0.4) is 0 Å². The third-order valence-corrected chi connectivity index (χ3v) is 2.48. The Morgan fingerprint density at radius 2 is 2.25 bits per heavy atom. The van der Waals surface area contributed by atoms with Crippen LogP contribution in [0.15, 0.2) is 29.4 Å². The Labute approximate surface area is 93.5 Å². The molecule has 1 aromatic rings. The van der Waals surface area contributed by atoms with Gasteiger partial charge in [-0.3, -0.25) is 0 Å². The zero-order valence-electron chi connectivity index (χ0n) is 8.80. The number of amidine groups is 1. The van der Waals surface area contributed by atoms with Crippen molar-refractivity contribution in [3.63, 3.8) is 0 Å². The molecule has 1 saturated heterocycles. The Bertz CT molecular complexity index is 389. The fraction of sp³-hybridized carbons (Fsp3) is 0.364. The minimum atomic E-state index is 0.101. The minimum absolute atomic E-state index is 0.101. The number of hydrogen-bond donors (Lipinski definition) is 2. The highest BCUT2D eigenvalue weighted by atomic mass is 16.6. The average Bonchev–Trinajstić information content (AvgIpc) is 2.26. The number of benzene rings is 1. The summed E-state index contributed by atoms with van der Waals surface area (Å²) in [6, 6.07) is 7.42. The van der Waals surface area contributed by atoms with Gasteiger partial charge in [-0.2, -0.15) is 0 Å². The van der Waals surface area contributed by atoms with E-state index in [1.165, 1.54) is 0 Å². The van der Waals surface area contributed by atoms with E-state index in [1.54, 1.807) is 6.07 Å². The molecule has 0 aliphatic carbocycles. The van der Waals surface area contributed by atoms with E-state index in [4.69, 9.17) is 20.4 Å². The molecule has 2 rings (SSSR count). The standard InChI is InChI=1S/C11H14N2O3/c12-11(13-14)10-4-2-1-3-8(10)5-16-9-6-15-7-9/h1-4,9,14H,5-7H2,(H2,12,13). The topological polar surface area (TPSA) is 77.1 Å². The van der Waals surface area contributed by atoms with Gasteiger partial charge in [0.25, 0.3) is 0 Å². The first-order valence-corrected chi connectivity index (χ1v) is 5.06. The van der Waals surface area contributed by atoms with Crippen LogP contribution in [0.4, 0.5) is 0 Å². The summed E-state index contributed by atoms with van der Waals surface area (Å²) in [4.78, 5) is 0. The van der Waals surface area contributed by atoms with Gasteiger partial charge in [0.2, 0.25) is 0 Å². The summed E-state index contributed by atoms with van der Waals surface area (Å²) >= 11 is 0. The van der Waals surface area contributed by atoms with E-state index in [2.05, 4.69) is 5.16 Å². The van der Waals surface area contributed by atoms with Gasteiger partial charge in [-0.1, -0.05) is 29.4 Å². The number of nitrogens with two attached hydrogens (primary N) is 1. The molecule has 0 unspecified atom stereocenters. The Morgan fingerprint density at radius 3 is 2.88 bits per heavy atom. The molecule has 86 valence electrons. The summed E-state index contributed by atoms with van der Waals surface area (Å²) < 4.78 is 10.6. The molecule has 3 N–H and O–H groups in total. The van der Waals surface area contributed by atoms with Gasteiger partial charge in [0.1, 0.15) is 6.10 Å². The molecule has 5 nitrogen and oxygen atoms in total. The summed E-state index contributed by atoms with van der Waals surface area (Å²) in [5.74, 6) is 0.101. The van der Waals surface area contributed by atoms with Crippen molar-refractivity contribution in [2.75, 3.05) is 13.2 Å². The Morgan fingerprint density at radius 1 is 1.50 bits per heavy atom. The second-order valence-electron chi connectivity index (χ2n) is 3.61. The molecule has 0 aromatic heterocycles. The normalized spacial score (nSPS) is 17.1. The smallest absolute Gasteiger partial charge is 0.170 e. The fourth-order valence-corrected chi connectivity index (χ4v) is 1.47. The van der Waals surface area contributed by atoms with Crippen molar-refractivity contribution in [2.45, 2.75) is 12.7 Å². The molecule has 0 bridgehead atoms. The van der Waals surface area contributed by atoms with Crippen LogP contribution in [0.2, 0.25) is 0 Å². The van der Waals surface area contributed by atoms with Gasteiger partial charge in [-0.15, -0.1) is 0 Å². The second-order valence-corrected chi connectivity index (χ2v) is 3.61. The molecule has 5 heteroatoms. The maximum absolute atomic E-state index is 8.65. The number of nitrogens with zero attached hydrogens (tertiary/aromatic N) is 1. The van der Waals surface area contributed by atoms with Crippen LogP contribution in [-0.2, 0) is 16.1 Å². The lowest BCUT2D eigenvalue weighted by molar-refractivity contribution is -0.135. The van der Waals surface area contributed by atoms with E-state index in [0.29, 0.717) is 25.4 Å². The van der Waals surface area contributed by atoms with E-state index >= 15 is 0 Å². The molecule has 1 aliphatic heterocycles. The summed E-state index contributed by atoms with van der Waals surface area (Å²) in [5.41, 5.74) is 7.17. The Balaban J connectivity index is 2.06. The number of rotatable bonds is 4. The maximum atomic E-state index is 8.65. The third-order valence-electron chi connectivity index (χ3n) is 2.48. The predicted octanol–water partition coefficient (Wildman–Crippen LogP) is 0.696. The van der Waals surface area contributed by atoms with Crippen LogP contribution in [0.1, 0.15) is 11.1 Å². The molecular formula is C11H14N2O3. The molecule has 0 amide bonds. The van der Waals surface area contributed by atoms with Crippen LogP contribution in [0, 0.1) is 0 Å². The Kier molecular flexibility index (Phi) is 3.38. The molecule has 0 atom stereocenters. The van der Waals surface area contributed by atoms with Crippen molar-refractivity contribution >= 4 is 5.84 Å². The SMILES string of the molecule is N/C(=N/O)c1ccccc1COC1COC1.